The van der Waals surface area contributed by atoms with Crippen molar-refractivity contribution in [2.45, 2.75) is 33.7 Å². The minimum atomic E-state index is -1.00. The molecule has 1 rings (SSSR count). The summed E-state index contributed by atoms with van der Waals surface area (Å²) in [6, 6.07) is 3.00. The number of aromatic carboxylic acids is 1. The molecule has 5 nitrogen and oxygen atoms in total. The highest BCUT2D eigenvalue weighted by atomic mass is 16.4. The number of hydrogen-bond donors (Lipinski definition) is 2. The number of rotatable bonds is 5. The van der Waals surface area contributed by atoms with Crippen molar-refractivity contribution in [2.75, 3.05) is 11.9 Å². The molecule has 0 aliphatic carbocycles. The van der Waals surface area contributed by atoms with Crippen LogP contribution in [0.25, 0.3) is 0 Å². The molecule has 2 amide bonds. The minimum Gasteiger partial charge on any atom is -0.478 e. The van der Waals surface area contributed by atoms with Gasteiger partial charge in [0.05, 0.1) is 5.56 Å². The Kier molecular flexibility index (Phi) is 5.52. The number of aryl methyl sites for hydroxylation is 1. The van der Waals surface area contributed by atoms with E-state index in [0.717, 1.165) is 5.56 Å². The van der Waals surface area contributed by atoms with E-state index in [0.29, 0.717) is 17.8 Å². The second-order valence-electron chi connectivity index (χ2n) is 5.24. The van der Waals surface area contributed by atoms with Gasteiger partial charge in [0.25, 0.3) is 0 Å². The summed E-state index contributed by atoms with van der Waals surface area (Å²) in [4.78, 5) is 25.1. The van der Waals surface area contributed by atoms with Gasteiger partial charge in [-0.05, 0) is 51.0 Å². The zero-order chi connectivity index (χ0) is 16.2. The van der Waals surface area contributed by atoms with Crippen LogP contribution in [0.5, 0.6) is 0 Å². The molecule has 0 radical (unpaired) electrons. The largest absolute Gasteiger partial charge is 0.478 e. The molecule has 0 heterocycles. The fourth-order valence-electron chi connectivity index (χ4n) is 2.02. The minimum absolute atomic E-state index is 0.0217. The van der Waals surface area contributed by atoms with E-state index in [2.05, 4.69) is 11.9 Å². The Morgan fingerprint density at radius 1 is 1.38 bits per heavy atom. The normalized spacial score (nSPS) is 10.3. The molecular weight excluding hydrogens is 268 g/mol. The van der Waals surface area contributed by atoms with Crippen molar-refractivity contribution in [3.8, 4) is 0 Å². The monoisotopic (exact) mass is 290 g/mol. The maximum Gasteiger partial charge on any atom is 0.336 e. The third-order valence-corrected chi connectivity index (χ3v) is 3.36. The van der Waals surface area contributed by atoms with Gasteiger partial charge in [0.2, 0.25) is 0 Å². The molecule has 1 aromatic carbocycles. The van der Waals surface area contributed by atoms with E-state index in [9.17, 15) is 14.7 Å². The third kappa shape index (κ3) is 4.08. The van der Waals surface area contributed by atoms with Crippen molar-refractivity contribution >= 4 is 17.7 Å². The van der Waals surface area contributed by atoms with E-state index in [-0.39, 0.29) is 17.6 Å². The summed E-state index contributed by atoms with van der Waals surface area (Å²) >= 11 is 0. The molecule has 1 aromatic rings. The number of nitrogens with one attached hydrogen (secondary N) is 1. The van der Waals surface area contributed by atoms with Crippen LogP contribution >= 0.6 is 0 Å². The number of carboxylic acids is 1. The molecule has 0 aliphatic heterocycles. The summed E-state index contributed by atoms with van der Waals surface area (Å²) in [6.45, 7) is 11.5. The van der Waals surface area contributed by atoms with E-state index < -0.39 is 5.97 Å². The summed E-state index contributed by atoms with van der Waals surface area (Å²) in [5.74, 6) is -1.00. The molecule has 0 saturated heterocycles. The standard InChI is InChI=1S/C16H22N2O3/c1-6-7-18(10(2)3)16(21)17-13-8-11(4)12(5)14(9-13)15(19)20/h6,8-10H,1,7H2,2-5H3,(H,17,21)(H,19,20). The molecule has 0 fully saturated rings. The molecule has 5 heteroatoms. The molecular formula is C16H22N2O3. The van der Waals surface area contributed by atoms with Crippen molar-refractivity contribution in [2.24, 2.45) is 0 Å². The highest BCUT2D eigenvalue weighted by Gasteiger charge is 2.17. The number of carboxylic acid groups (broad SMARTS) is 1. The van der Waals surface area contributed by atoms with Gasteiger partial charge >= 0.3 is 12.0 Å². The lowest BCUT2D eigenvalue weighted by atomic mass is 10.0. The number of carbonyl (C=O) groups is 2. The fraction of sp³-hybridized carbons (Fsp3) is 0.375. The smallest absolute Gasteiger partial charge is 0.336 e. The summed E-state index contributed by atoms with van der Waals surface area (Å²) < 4.78 is 0. The molecule has 114 valence electrons. The van der Waals surface area contributed by atoms with Crippen LogP contribution in [0.15, 0.2) is 24.8 Å². The number of hydrogen-bond acceptors (Lipinski definition) is 2. The quantitative estimate of drug-likeness (QED) is 0.816. The second-order valence-corrected chi connectivity index (χ2v) is 5.24. The summed E-state index contributed by atoms with van der Waals surface area (Å²) in [7, 11) is 0. The van der Waals surface area contributed by atoms with Gasteiger partial charge in [-0.15, -0.1) is 6.58 Å². The van der Waals surface area contributed by atoms with Crippen molar-refractivity contribution in [1.82, 2.24) is 4.90 Å². The molecule has 0 unspecified atom stereocenters. The Labute approximate surface area is 125 Å². The zero-order valence-corrected chi connectivity index (χ0v) is 12.9. The third-order valence-electron chi connectivity index (χ3n) is 3.36. The van der Waals surface area contributed by atoms with E-state index in [1.807, 2.05) is 20.8 Å². The van der Waals surface area contributed by atoms with Crippen LogP contribution in [0.3, 0.4) is 0 Å². The number of urea groups is 1. The fourth-order valence-corrected chi connectivity index (χ4v) is 2.02. The van der Waals surface area contributed by atoms with E-state index >= 15 is 0 Å². The van der Waals surface area contributed by atoms with Crippen LogP contribution in [0.4, 0.5) is 10.5 Å². The predicted molar refractivity (Wildman–Crippen MR) is 83.9 cm³/mol. The molecule has 0 aromatic heterocycles. The van der Waals surface area contributed by atoms with Crippen LogP contribution in [0.2, 0.25) is 0 Å². The zero-order valence-electron chi connectivity index (χ0n) is 12.9. The maximum atomic E-state index is 12.2. The van der Waals surface area contributed by atoms with Gasteiger partial charge in [0.1, 0.15) is 0 Å². The maximum absolute atomic E-state index is 12.2. The van der Waals surface area contributed by atoms with Crippen LogP contribution in [-0.4, -0.2) is 34.6 Å². The number of anilines is 1. The average Bonchev–Trinajstić information content (AvgIpc) is 2.38. The summed E-state index contributed by atoms with van der Waals surface area (Å²) in [6.07, 6.45) is 1.66. The number of benzene rings is 1. The number of nitrogens with zero attached hydrogens (tertiary/aromatic N) is 1. The molecule has 0 aliphatic rings. The molecule has 0 saturated carbocycles. The molecule has 0 bridgehead atoms. The molecule has 0 atom stereocenters. The van der Waals surface area contributed by atoms with Crippen molar-refractivity contribution in [3.05, 3.63) is 41.5 Å². The van der Waals surface area contributed by atoms with Gasteiger partial charge in [-0.2, -0.15) is 0 Å². The number of amides is 2. The van der Waals surface area contributed by atoms with Crippen molar-refractivity contribution in [3.63, 3.8) is 0 Å². The highest BCUT2D eigenvalue weighted by molar-refractivity contribution is 5.94. The predicted octanol–water partition coefficient (Wildman–Crippen LogP) is 3.43. The van der Waals surface area contributed by atoms with Crippen molar-refractivity contribution in [1.29, 1.82) is 0 Å². The average molecular weight is 290 g/mol. The second kappa shape index (κ2) is 6.92. The Bertz CT molecular complexity index is 565. The van der Waals surface area contributed by atoms with E-state index in [1.165, 1.54) is 6.07 Å². The first-order chi connectivity index (χ1) is 9.77. The summed E-state index contributed by atoms with van der Waals surface area (Å²) in [5.41, 5.74) is 2.21. The lowest BCUT2D eigenvalue weighted by molar-refractivity contribution is 0.0696. The topological polar surface area (TPSA) is 69.6 Å². The first-order valence-corrected chi connectivity index (χ1v) is 6.81. The lowest BCUT2D eigenvalue weighted by Gasteiger charge is -2.25. The molecule has 21 heavy (non-hydrogen) atoms. The van der Waals surface area contributed by atoms with Gasteiger partial charge in [0.15, 0.2) is 0 Å². The Morgan fingerprint density at radius 3 is 2.48 bits per heavy atom. The van der Waals surface area contributed by atoms with E-state index in [4.69, 9.17) is 0 Å². The lowest BCUT2D eigenvalue weighted by Crippen LogP contribution is -2.40. The first-order valence-electron chi connectivity index (χ1n) is 6.81. The Balaban J connectivity index is 3.05. The summed E-state index contributed by atoms with van der Waals surface area (Å²) in [5, 5.41) is 11.9. The van der Waals surface area contributed by atoms with Crippen LogP contribution in [-0.2, 0) is 0 Å². The molecule has 2 N–H and O–H groups in total. The van der Waals surface area contributed by atoms with Gasteiger partial charge in [-0.25, -0.2) is 9.59 Å². The number of carbonyl (C=O) groups excluding carboxylic acids is 1. The van der Waals surface area contributed by atoms with Crippen molar-refractivity contribution < 1.29 is 14.7 Å². The van der Waals surface area contributed by atoms with Crippen LogP contribution < -0.4 is 5.32 Å². The first kappa shape index (κ1) is 16.8. The van der Waals surface area contributed by atoms with Gasteiger partial charge in [-0.3, -0.25) is 0 Å². The Hall–Kier alpha value is -2.30. The molecule has 0 spiro atoms. The van der Waals surface area contributed by atoms with Gasteiger partial charge in [0, 0.05) is 18.3 Å². The Morgan fingerprint density at radius 2 is 2.00 bits per heavy atom. The van der Waals surface area contributed by atoms with Gasteiger partial charge in [-0.1, -0.05) is 6.08 Å². The SMILES string of the molecule is C=CCN(C(=O)Nc1cc(C)c(C)c(C(=O)O)c1)C(C)C. The van der Waals surface area contributed by atoms with Gasteiger partial charge < -0.3 is 15.3 Å². The van der Waals surface area contributed by atoms with E-state index in [1.54, 1.807) is 24.0 Å². The van der Waals surface area contributed by atoms with Crippen LogP contribution in [0, 0.1) is 13.8 Å². The van der Waals surface area contributed by atoms with Crippen LogP contribution in [0.1, 0.15) is 35.3 Å². The highest BCUT2D eigenvalue weighted by Crippen LogP contribution is 2.20.